The molecule has 0 saturated heterocycles. The summed E-state index contributed by atoms with van der Waals surface area (Å²) in [6, 6.07) is 3.54. The number of fused-ring (bicyclic) bond motifs is 1. The largest absolute Gasteiger partial charge is 0.494 e. The van der Waals surface area contributed by atoms with Crippen LogP contribution in [0, 0.1) is 0 Å². The molecule has 0 saturated carbocycles. The first-order valence-electron chi connectivity index (χ1n) is 7.79. The average Bonchev–Trinajstić information content (AvgIpc) is 3.22. The van der Waals surface area contributed by atoms with Crippen LogP contribution in [0.5, 0.6) is 5.75 Å². The second kappa shape index (κ2) is 7.10. The quantitative estimate of drug-likeness (QED) is 0.647. The smallest absolute Gasteiger partial charge is 0.419 e. The normalized spacial score (nSPS) is 13.2. The number of nitrogens with one attached hydrogen (secondary N) is 1. The van der Waals surface area contributed by atoms with Crippen LogP contribution in [-0.2, 0) is 13.2 Å². The van der Waals surface area contributed by atoms with E-state index in [9.17, 15) is 13.2 Å². The molecule has 1 atom stereocenters. The number of hydrogen-bond acceptors (Lipinski definition) is 5. The zero-order valence-corrected chi connectivity index (χ0v) is 15.2. The van der Waals surface area contributed by atoms with Crippen LogP contribution < -0.4 is 9.46 Å². The number of benzene rings is 1. The van der Waals surface area contributed by atoms with Gasteiger partial charge in [0, 0.05) is 24.4 Å². The van der Waals surface area contributed by atoms with Gasteiger partial charge in [-0.3, -0.25) is 9.36 Å². The van der Waals surface area contributed by atoms with Gasteiger partial charge < -0.3 is 9.46 Å². The van der Waals surface area contributed by atoms with E-state index in [1.165, 1.54) is 16.6 Å². The third-order valence-electron chi connectivity index (χ3n) is 3.96. The van der Waals surface area contributed by atoms with Crippen LogP contribution in [0.25, 0.3) is 10.9 Å². The van der Waals surface area contributed by atoms with Crippen molar-refractivity contribution in [2.24, 2.45) is 7.05 Å². The minimum absolute atomic E-state index is 0.222. The zero-order valence-electron chi connectivity index (χ0n) is 14.4. The van der Waals surface area contributed by atoms with Crippen LogP contribution in [0.15, 0.2) is 30.7 Å². The molecule has 2 heterocycles. The first-order chi connectivity index (χ1) is 12.3. The highest BCUT2D eigenvalue weighted by Gasteiger charge is 2.32. The number of aromatic nitrogens is 4. The molecule has 0 aliphatic rings. The molecule has 0 radical (unpaired) electrons. The fourth-order valence-corrected chi connectivity index (χ4v) is 3.37. The number of methoxy groups -OCH3 is 1. The van der Waals surface area contributed by atoms with Crippen LogP contribution in [0.1, 0.15) is 18.5 Å². The van der Waals surface area contributed by atoms with E-state index >= 15 is 0 Å². The predicted molar refractivity (Wildman–Crippen MR) is 95.3 cm³/mol. The van der Waals surface area contributed by atoms with Crippen LogP contribution in [0.2, 0.25) is 0 Å². The third kappa shape index (κ3) is 3.59. The molecule has 3 aromatic rings. The van der Waals surface area contributed by atoms with Gasteiger partial charge in [0.2, 0.25) is 0 Å². The molecular weight excluding hydrogens is 367 g/mol. The first kappa shape index (κ1) is 18.4. The van der Waals surface area contributed by atoms with Gasteiger partial charge in [-0.1, -0.05) is 11.9 Å². The molecule has 0 spiro atoms. The van der Waals surface area contributed by atoms with E-state index in [-0.39, 0.29) is 6.04 Å². The molecule has 10 heteroatoms. The highest BCUT2D eigenvalue weighted by Crippen LogP contribution is 2.35. The van der Waals surface area contributed by atoms with Crippen molar-refractivity contribution >= 4 is 28.5 Å². The summed E-state index contributed by atoms with van der Waals surface area (Å²) in [6.45, 7) is 1.81. The number of hydrogen-bond donors (Lipinski definition) is 1. The highest BCUT2D eigenvalue weighted by molar-refractivity contribution is 8.00. The number of rotatable bonds is 6. The molecule has 3 rings (SSSR count). The topological polar surface area (TPSA) is 56.9 Å². The summed E-state index contributed by atoms with van der Waals surface area (Å²) in [4.78, 5) is 0. The van der Waals surface area contributed by atoms with Crippen molar-refractivity contribution < 1.29 is 17.9 Å². The number of aryl methyl sites for hydroxylation is 1. The minimum Gasteiger partial charge on any atom is -0.494 e. The van der Waals surface area contributed by atoms with Gasteiger partial charge >= 0.3 is 6.18 Å². The number of halogens is 3. The van der Waals surface area contributed by atoms with Gasteiger partial charge in [-0.25, -0.2) is 0 Å². The molecule has 0 bridgehead atoms. The summed E-state index contributed by atoms with van der Waals surface area (Å²) >= 11 is 1.37. The van der Waals surface area contributed by atoms with Crippen molar-refractivity contribution in [3.8, 4) is 5.75 Å². The summed E-state index contributed by atoms with van der Waals surface area (Å²) in [5.41, 5.74) is 0.922. The lowest BCUT2D eigenvalue weighted by atomic mass is 10.2. The van der Waals surface area contributed by atoms with Crippen molar-refractivity contribution in [2.75, 3.05) is 17.6 Å². The van der Waals surface area contributed by atoms with Crippen molar-refractivity contribution in [3.63, 3.8) is 0 Å². The van der Waals surface area contributed by atoms with Gasteiger partial charge in [0.1, 0.15) is 11.4 Å². The second-order valence-corrected chi connectivity index (χ2v) is 6.64. The lowest BCUT2D eigenvalue weighted by Crippen LogP contribution is -2.10. The van der Waals surface area contributed by atoms with Crippen LogP contribution in [-0.4, -0.2) is 32.4 Å². The zero-order chi connectivity index (χ0) is 18.9. The number of alkyl halides is 3. The Hall–Kier alpha value is -2.36. The summed E-state index contributed by atoms with van der Waals surface area (Å²) in [6.07, 6.45) is -0.761. The van der Waals surface area contributed by atoms with E-state index in [2.05, 4.69) is 14.9 Å². The van der Waals surface area contributed by atoms with Gasteiger partial charge in [0.15, 0.2) is 0 Å². The maximum Gasteiger partial charge on any atom is 0.419 e. The summed E-state index contributed by atoms with van der Waals surface area (Å²) < 4.78 is 49.8. The Morgan fingerprint density at radius 1 is 1.27 bits per heavy atom. The average molecular weight is 385 g/mol. The van der Waals surface area contributed by atoms with Crippen molar-refractivity contribution in [1.82, 2.24) is 19.6 Å². The molecule has 0 aliphatic heterocycles. The predicted octanol–water partition coefficient (Wildman–Crippen LogP) is 4.12. The van der Waals surface area contributed by atoms with E-state index < -0.39 is 11.7 Å². The molecule has 26 heavy (non-hydrogen) atoms. The molecule has 1 N–H and O–H groups in total. The van der Waals surface area contributed by atoms with Crippen molar-refractivity contribution in [2.45, 2.75) is 19.1 Å². The lowest BCUT2D eigenvalue weighted by Gasteiger charge is -2.15. The van der Waals surface area contributed by atoms with Gasteiger partial charge in [0.05, 0.1) is 36.6 Å². The summed E-state index contributed by atoms with van der Waals surface area (Å²) in [7, 11) is 3.42. The summed E-state index contributed by atoms with van der Waals surface area (Å²) in [5.74, 6) is 1.18. The molecule has 0 amide bonds. The fraction of sp³-hybridized carbons (Fsp3) is 0.375. The standard InChI is InChI=1S/C16H18F3N5OS/c1-10(24-8-12(7-21-24)16(17,18)19)9-26-22-14-13(25-3)5-4-11-6-20-23(2)15(11)14/h4-8,10,22H,9H2,1-3H3. The van der Waals surface area contributed by atoms with Crippen LogP contribution >= 0.6 is 11.9 Å². The van der Waals surface area contributed by atoms with Gasteiger partial charge in [-0.05, 0) is 19.1 Å². The SMILES string of the molecule is COc1ccc2cnn(C)c2c1NSCC(C)n1cc(C(F)(F)F)cn1. The van der Waals surface area contributed by atoms with E-state index in [1.807, 2.05) is 26.1 Å². The Morgan fingerprint density at radius 3 is 2.69 bits per heavy atom. The molecule has 1 unspecified atom stereocenters. The first-order valence-corrected chi connectivity index (χ1v) is 8.77. The lowest BCUT2D eigenvalue weighted by molar-refractivity contribution is -0.137. The number of nitrogens with zero attached hydrogens (tertiary/aromatic N) is 4. The Balaban J connectivity index is 1.71. The van der Waals surface area contributed by atoms with Gasteiger partial charge in [-0.15, -0.1) is 0 Å². The molecule has 6 nitrogen and oxygen atoms in total. The highest BCUT2D eigenvalue weighted by atomic mass is 32.2. The van der Waals surface area contributed by atoms with E-state index in [0.717, 1.165) is 29.0 Å². The summed E-state index contributed by atoms with van der Waals surface area (Å²) in [5, 5.41) is 9.02. The Kier molecular flexibility index (Phi) is 5.03. The Morgan fingerprint density at radius 2 is 2.04 bits per heavy atom. The molecular formula is C16H18F3N5OS. The van der Waals surface area contributed by atoms with Crippen LogP contribution in [0.4, 0.5) is 18.9 Å². The Bertz CT molecular complexity index is 905. The third-order valence-corrected chi connectivity index (χ3v) is 4.96. The monoisotopic (exact) mass is 385 g/mol. The fourth-order valence-electron chi connectivity index (χ4n) is 2.55. The van der Waals surface area contributed by atoms with Crippen molar-refractivity contribution in [3.05, 3.63) is 36.3 Å². The van der Waals surface area contributed by atoms with E-state index in [0.29, 0.717) is 11.5 Å². The molecule has 140 valence electrons. The molecule has 2 aromatic heterocycles. The molecule has 0 aliphatic carbocycles. The van der Waals surface area contributed by atoms with Gasteiger partial charge in [0.25, 0.3) is 0 Å². The van der Waals surface area contributed by atoms with Crippen molar-refractivity contribution in [1.29, 1.82) is 0 Å². The maximum absolute atomic E-state index is 12.7. The van der Waals surface area contributed by atoms with E-state index in [4.69, 9.17) is 4.74 Å². The number of anilines is 1. The van der Waals surface area contributed by atoms with Crippen LogP contribution in [0.3, 0.4) is 0 Å². The maximum atomic E-state index is 12.7. The van der Waals surface area contributed by atoms with Gasteiger partial charge in [-0.2, -0.15) is 23.4 Å². The molecule has 0 fully saturated rings. The second-order valence-electron chi connectivity index (χ2n) is 5.82. The van der Waals surface area contributed by atoms with E-state index in [1.54, 1.807) is 18.0 Å². The Labute approximate surface area is 152 Å². The number of ether oxygens (including phenoxy) is 1. The minimum atomic E-state index is -4.38. The molecule has 1 aromatic carbocycles.